The first-order chi connectivity index (χ1) is 4.83. The Morgan fingerprint density at radius 2 is 2.60 bits per heavy atom. The molecule has 1 aromatic heterocycles. The highest BCUT2D eigenvalue weighted by Crippen LogP contribution is 2.14. The SMILES string of the molecule is C=CC(=O)Nc1cccs1. The van der Waals surface area contributed by atoms with E-state index in [9.17, 15) is 4.79 Å². The zero-order valence-electron chi connectivity index (χ0n) is 5.33. The van der Waals surface area contributed by atoms with Crippen LogP contribution in [0.15, 0.2) is 30.2 Å². The van der Waals surface area contributed by atoms with Crippen molar-refractivity contribution in [1.29, 1.82) is 0 Å². The van der Waals surface area contributed by atoms with Gasteiger partial charge in [-0.15, -0.1) is 11.3 Å². The van der Waals surface area contributed by atoms with E-state index >= 15 is 0 Å². The molecule has 1 rings (SSSR count). The number of carbonyl (C=O) groups is 1. The van der Waals surface area contributed by atoms with Gasteiger partial charge in [-0.2, -0.15) is 0 Å². The van der Waals surface area contributed by atoms with Gasteiger partial charge in [0, 0.05) is 0 Å². The molecule has 0 radical (unpaired) electrons. The predicted molar refractivity (Wildman–Crippen MR) is 43.1 cm³/mol. The minimum atomic E-state index is -0.164. The molecule has 0 aliphatic carbocycles. The molecule has 0 saturated carbocycles. The highest BCUT2D eigenvalue weighted by atomic mass is 32.1. The molecular formula is C7H7NOS. The van der Waals surface area contributed by atoms with E-state index in [2.05, 4.69) is 11.9 Å². The molecule has 0 unspecified atom stereocenters. The zero-order chi connectivity index (χ0) is 7.40. The van der Waals surface area contributed by atoms with E-state index in [0.29, 0.717) is 0 Å². The molecule has 1 N–H and O–H groups in total. The van der Waals surface area contributed by atoms with Gasteiger partial charge in [0.15, 0.2) is 0 Å². The van der Waals surface area contributed by atoms with E-state index in [0.717, 1.165) is 5.00 Å². The average Bonchev–Trinajstić information content (AvgIpc) is 2.40. The molecule has 0 aliphatic heterocycles. The third-order valence-corrected chi connectivity index (χ3v) is 1.74. The normalized spacial score (nSPS) is 8.80. The minimum absolute atomic E-state index is 0.164. The van der Waals surface area contributed by atoms with Crippen molar-refractivity contribution in [2.75, 3.05) is 5.32 Å². The second-order valence-electron chi connectivity index (χ2n) is 1.67. The number of rotatable bonds is 2. The molecule has 52 valence electrons. The number of hydrogen-bond acceptors (Lipinski definition) is 2. The van der Waals surface area contributed by atoms with Crippen LogP contribution in [-0.2, 0) is 4.79 Å². The molecule has 3 heteroatoms. The lowest BCUT2D eigenvalue weighted by molar-refractivity contribution is -0.111. The summed E-state index contributed by atoms with van der Waals surface area (Å²) >= 11 is 1.49. The van der Waals surface area contributed by atoms with Gasteiger partial charge in [-0.3, -0.25) is 4.79 Å². The van der Waals surface area contributed by atoms with Crippen molar-refractivity contribution in [3.63, 3.8) is 0 Å². The highest BCUT2D eigenvalue weighted by molar-refractivity contribution is 7.14. The molecule has 0 atom stereocenters. The van der Waals surface area contributed by atoms with Gasteiger partial charge in [-0.1, -0.05) is 6.58 Å². The van der Waals surface area contributed by atoms with Crippen LogP contribution in [0.3, 0.4) is 0 Å². The molecule has 10 heavy (non-hydrogen) atoms. The Bertz CT molecular complexity index is 228. The topological polar surface area (TPSA) is 29.1 Å². The van der Waals surface area contributed by atoms with Gasteiger partial charge in [-0.05, 0) is 23.6 Å². The van der Waals surface area contributed by atoms with Crippen LogP contribution < -0.4 is 5.32 Å². The van der Waals surface area contributed by atoms with E-state index in [4.69, 9.17) is 0 Å². The number of anilines is 1. The summed E-state index contributed by atoms with van der Waals surface area (Å²) in [6, 6.07) is 3.72. The van der Waals surface area contributed by atoms with Gasteiger partial charge in [0.1, 0.15) is 0 Å². The van der Waals surface area contributed by atoms with Crippen molar-refractivity contribution in [3.8, 4) is 0 Å². The van der Waals surface area contributed by atoms with Crippen molar-refractivity contribution in [2.24, 2.45) is 0 Å². The van der Waals surface area contributed by atoms with E-state index in [1.54, 1.807) is 0 Å². The minimum Gasteiger partial charge on any atom is -0.314 e. The number of thiophene rings is 1. The zero-order valence-corrected chi connectivity index (χ0v) is 6.15. The Kier molecular flexibility index (Phi) is 2.23. The van der Waals surface area contributed by atoms with Crippen molar-refractivity contribution in [3.05, 3.63) is 30.2 Å². The van der Waals surface area contributed by atoms with Crippen LogP contribution in [0, 0.1) is 0 Å². The molecule has 0 spiro atoms. The summed E-state index contributed by atoms with van der Waals surface area (Å²) in [5, 5.41) is 5.39. The molecule has 0 saturated heterocycles. The molecule has 0 aromatic carbocycles. The van der Waals surface area contributed by atoms with Gasteiger partial charge >= 0.3 is 0 Å². The number of carbonyl (C=O) groups excluding carboxylic acids is 1. The molecule has 1 amide bonds. The fraction of sp³-hybridized carbons (Fsp3) is 0. The summed E-state index contributed by atoms with van der Waals surface area (Å²) in [5.41, 5.74) is 0. The maximum atomic E-state index is 10.7. The predicted octanol–water partition coefficient (Wildman–Crippen LogP) is 1.87. The molecular weight excluding hydrogens is 146 g/mol. The van der Waals surface area contributed by atoms with Crippen LogP contribution in [-0.4, -0.2) is 5.91 Å². The van der Waals surface area contributed by atoms with E-state index in [-0.39, 0.29) is 5.91 Å². The average molecular weight is 153 g/mol. The molecule has 0 fully saturated rings. The summed E-state index contributed by atoms with van der Waals surface area (Å²) in [6.45, 7) is 3.33. The largest absolute Gasteiger partial charge is 0.314 e. The van der Waals surface area contributed by atoms with Crippen LogP contribution in [0.4, 0.5) is 5.00 Å². The number of hydrogen-bond donors (Lipinski definition) is 1. The number of nitrogens with one attached hydrogen (secondary N) is 1. The fourth-order valence-corrected chi connectivity index (χ4v) is 1.14. The van der Waals surface area contributed by atoms with Crippen molar-refractivity contribution in [1.82, 2.24) is 0 Å². The smallest absolute Gasteiger partial charge is 0.248 e. The molecule has 2 nitrogen and oxygen atoms in total. The maximum absolute atomic E-state index is 10.7. The maximum Gasteiger partial charge on any atom is 0.248 e. The van der Waals surface area contributed by atoms with Gasteiger partial charge in [0.05, 0.1) is 5.00 Å². The molecule has 0 bridgehead atoms. The standard InChI is InChI=1S/C7H7NOS/c1-2-6(9)8-7-4-3-5-10-7/h2-5H,1H2,(H,8,9). The van der Waals surface area contributed by atoms with Gasteiger partial charge in [0.2, 0.25) is 5.91 Å². The van der Waals surface area contributed by atoms with Crippen LogP contribution >= 0.6 is 11.3 Å². The van der Waals surface area contributed by atoms with Crippen LogP contribution in [0.1, 0.15) is 0 Å². The van der Waals surface area contributed by atoms with E-state index in [1.807, 2.05) is 17.5 Å². The molecule has 1 heterocycles. The summed E-state index contributed by atoms with van der Waals surface area (Å²) in [7, 11) is 0. The molecule has 1 aromatic rings. The van der Waals surface area contributed by atoms with Crippen LogP contribution in [0.25, 0.3) is 0 Å². The Morgan fingerprint density at radius 1 is 1.80 bits per heavy atom. The second kappa shape index (κ2) is 3.17. The van der Waals surface area contributed by atoms with Crippen molar-refractivity contribution >= 4 is 22.2 Å². The van der Waals surface area contributed by atoms with E-state index < -0.39 is 0 Å². The van der Waals surface area contributed by atoms with Gasteiger partial charge in [-0.25, -0.2) is 0 Å². The lowest BCUT2D eigenvalue weighted by Gasteiger charge is -1.93. The first-order valence-electron chi connectivity index (χ1n) is 2.80. The summed E-state index contributed by atoms with van der Waals surface area (Å²) in [6.07, 6.45) is 1.25. The molecule has 0 aliphatic rings. The second-order valence-corrected chi connectivity index (χ2v) is 2.62. The van der Waals surface area contributed by atoms with Crippen LogP contribution in [0.2, 0.25) is 0 Å². The number of amides is 1. The van der Waals surface area contributed by atoms with Gasteiger partial charge < -0.3 is 5.32 Å². The Hall–Kier alpha value is -1.09. The monoisotopic (exact) mass is 153 g/mol. The Labute approximate surface area is 63.2 Å². The summed E-state index contributed by atoms with van der Waals surface area (Å²) in [4.78, 5) is 10.7. The Morgan fingerprint density at radius 3 is 3.10 bits per heavy atom. The third kappa shape index (κ3) is 1.70. The first kappa shape index (κ1) is 7.02. The first-order valence-corrected chi connectivity index (χ1v) is 3.68. The third-order valence-electron chi connectivity index (χ3n) is 0.953. The van der Waals surface area contributed by atoms with Gasteiger partial charge in [0.25, 0.3) is 0 Å². The highest BCUT2D eigenvalue weighted by Gasteiger charge is 1.94. The summed E-state index contributed by atoms with van der Waals surface area (Å²) in [5.74, 6) is -0.164. The summed E-state index contributed by atoms with van der Waals surface area (Å²) < 4.78 is 0. The lowest BCUT2D eigenvalue weighted by Crippen LogP contribution is -2.05. The Balaban J connectivity index is 2.56. The van der Waals surface area contributed by atoms with E-state index in [1.165, 1.54) is 17.4 Å². The van der Waals surface area contributed by atoms with Crippen LogP contribution in [0.5, 0.6) is 0 Å². The van der Waals surface area contributed by atoms with Crippen molar-refractivity contribution in [2.45, 2.75) is 0 Å². The lowest BCUT2D eigenvalue weighted by atomic mass is 10.5. The fourth-order valence-electron chi connectivity index (χ4n) is 0.522. The quantitative estimate of drug-likeness (QED) is 0.646. The van der Waals surface area contributed by atoms with Crippen molar-refractivity contribution < 1.29 is 4.79 Å².